The van der Waals surface area contributed by atoms with Gasteiger partial charge in [-0.15, -0.1) is 0 Å². The minimum atomic E-state index is -0.644. The Morgan fingerprint density at radius 2 is 2.25 bits per heavy atom. The summed E-state index contributed by atoms with van der Waals surface area (Å²) < 4.78 is 29.1. The van der Waals surface area contributed by atoms with E-state index in [4.69, 9.17) is 31.5 Å². The van der Waals surface area contributed by atoms with Crippen molar-refractivity contribution in [3.8, 4) is 5.75 Å². The van der Waals surface area contributed by atoms with Crippen molar-refractivity contribution in [2.24, 2.45) is 4.99 Å². The first kappa shape index (κ1) is 17.8. The first-order valence-electron chi connectivity index (χ1n) is 7.15. The van der Waals surface area contributed by atoms with Gasteiger partial charge in [-0.25, -0.2) is 14.2 Å². The van der Waals surface area contributed by atoms with Crippen LogP contribution in [-0.2, 0) is 14.3 Å². The minimum Gasteiger partial charge on any atom is -0.463 e. The third kappa shape index (κ3) is 4.73. The maximum absolute atomic E-state index is 13.4. The Labute approximate surface area is 143 Å². The molecule has 24 heavy (non-hydrogen) atoms. The van der Waals surface area contributed by atoms with Crippen LogP contribution >= 0.6 is 11.6 Å². The molecule has 0 unspecified atom stereocenters. The fraction of sp³-hybridized carbons (Fsp3) is 0.250. The van der Waals surface area contributed by atoms with Crippen LogP contribution in [0.5, 0.6) is 5.75 Å². The predicted molar refractivity (Wildman–Crippen MR) is 88.3 cm³/mol. The highest BCUT2D eigenvalue weighted by Crippen LogP contribution is 2.31. The number of nitrogens with zero attached hydrogens (tertiary/aromatic N) is 1. The standard InChI is InChI=1S/C16H16ClFN2O4/c1-2-22-15(21)9-23-16-13(5-3-4-6-20-16)24-14-8-12(19)11(18)7-10(14)17/h3,5-8H,2,4,9,19H2,1H3. The fourth-order valence-corrected chi connectivity index (χ4v) is 1.95. The molecule has 0 spiro atoms. The molecule has 0 fully saturated rings. The zero-order valence-corrected chi connectivity index (χ0v) is 13.7. The fourth-order valence-electron chi connectivity index (χ4n) is 1.76. The second-order valence-electron chi connectivity index (χ2n) is 4.62. The number of esters is 1. The lowest BCUT2D eigenvalue weighted by molar-refractivity contribution is -0.147. The molecule has 1 aromatic carbocycles. The quantitative estimate of drug-likeness (QED) is 0.626. The van der Waals surface area contributed by atoms with Gasteiger partial charge in [0.05, 0.1) is 17.3 Å². The van der Waals surface area contributed by atoms with Gasteiger partial charge >= 0.3 is 5.97 Å². The summed E-state index contributed by atoms with van der Waals surface area (Å²) in [6.07, 6.45) is 5.54. The molecule has 0 amide bonds. The van der Waals surface area contributed by atoms with Gasteiger partial charge in [-0.3, -0.25) is 0 Å². The summed E-state index contributed by atoms with van der Waals surface area (Å²) in [4.78, 5) is 15.5. The molecule has 128 valence electrons. The Morgan fingerprint density at radius 3 is 3.00 bits per heavy atom. The third-order valence-electron chi connectivity index (χ3n) is 2.83. The number of nitrogens with two attached hydrogens (primary N) is 1. The van der Waals surface area contributed by atoms with Crippen LogP contribution in [0.1, 0.15) is 13.3 Å². The van der Waals surface area contributed by atoms with Crippen LogP contribution in [0.3, 0.4) is 0 Å². The molecule has 0 radical (unpaired) electrons. The van der Waals surface area contributed by atoms with Crippen molar-refractivity contribution in [1.82, 2.24) is 0 Å². The van der Waals surface area contributed by atoms with Crippen LogP contribution in [0.2, 0.25) is 5.02 Å². The first-order chi connectivity index (χ1) is 11.5. The van der Waals surface area contributed by atoms with Crippen molar-refractivity contribution >= 4 is 29.5 Å². The summed E-state index contributed by atoms with van der Waals surface area (Å²) in [6.45, 7) is 1.62. The van der Waals surface area contributed by atoms with Crippen molar-refractivity contribution in [3.63, 3.8) is 0 Å². The van der Waals surface area contributed by atoms with Crippen molar-refractivity contribution in [2.45, 2.75) is 13.3 Å². The molecule has 1 aliphatic heterocycles. The van der Waals surface area contributed by atoms with Crippen molar-refractivity contribution in [2.75, 3.05) is 18.9 Å². The van der Waals surface area contributed by atoms with E-state index in [0.29, 0.717) is 6.42 Å². The average Bonchev–Trinajstić information content (AvgIpc) is 2.76. The van der Waals surface area contributed by atoms with Gasteiger partial charge in [0.25, 0.3) is 5.88 Å². The van der Waals surface area contributed by atoms with Gasteiger partial charge in [-0.2, -0.15) is 0 Å². The lowest BCUT2D eigenvalue weighted by atomic mass is 10.3. The monoisotopic (exact) mass is 354 g/mol. The van der Waals surface area contributed by atoms with Crippen LogP contribution in [0.15, 0.2) is 40.9 Å². The molecule has 2 N–H and O–H groups in total. The Balaban J connectivity index is 2.23. The molecule has 1 aromatic rings. The molecule has 1 heterocycles. The van der Waals surface area contributed by atoms with Gasteiger partial charge < -0.3 is 19.9 Å². The van der Waals surface area contributed by atoms with Crippen molar-refractivity contribution in [1.29, 1.82) is 0 Å². The molecule has 0 aliphatic carbocycles. The zero-order chi connectivity index (χ0) is 17.5. The van der Waals surface area contributed by atoms with E-state index in [1.54, 1.807) is 25.3 Å². The number of halogens is 2. The number of carbonyl (C=O) groups excluding carboxylic acids is 1. The second kappa shape index (κ2) is 8.35. The first-order valence-corrected chi connectivity index (χ1v) is 7.53. The molecule has 0 atom stereocenters. The summed E-state index contributed by atoms with van der Waals surface area (Å²) in [5, 5.41) is 0.0422. The number of hydrogen-bond donors (Lipinski definition) is 1. The van der Waals surface area contributed by atoms with E-state index in [2.05, 4.69) is 4.99 Å². The molecule has 2 rings (SSSR count). The number of nitrogen functional groups attached to an aromatic ring is 1. The Kier molecular flexibility index (Phi) is 6.20. The number of rotatable bonds is 6. The van der Waals surface area contributed by atoms with Crippen molar-refractivity contribution < 1.29 is 23.4 Å². The summed E-state index contributed by atoms with van der Waals surface area (Å²) in [5.74, 6) is -0.743. The van der Waals surface area contributed by atoms with Crippen LogP contribution in [0.4, 0.5) is 10.1 Å². The Hall–Kier alpha value is -2.54. The van der Waals surface area contributed by atoms with E-state index in [1.165, 1.54) is 6.07 Å². The highest BCUT2D eigenvalue weighted by Gasteiger charge is 2.15. The van der Waals surface area contributed by atoms with Crippen LogP contribution in [-0.4, -0.2) is 25.4 Å². The third-order valence-corrected chi connectivity index (χ3v) is 3.13. The topological polar surface area (TPSA) is 83.1 Å². The highest BCUT2D eigenvalue weighted by atomic mass is 35.5. The van der Waals surface area contributed by atoms with E-state index in [9.17, 15) is 9.18 Å². The molecule has 0 bridgehead atoms. The molecule has 0 saturated carbocycles. The lowest BCUT2D eigenvalue weighted by Crippen LogP contribution is -2.13. The smallest absolute Gasteiger partial charge is 0.344 e. The molecular weight excluding hydrogens is 339 g/mol. The molecule has 0 saturated heterocycles. The van der Waals surface area contributed by atoms with E-state index < -0.39 is 11.8 Å². The summed E-state index contributed by atoms with van der Waals surface area (Å²) in [5.41, 5.74) is 5.42. The van der Waals surface area contributed by atoms with Crippen LogP contribution in [0.25, 0.3) is 0 Å². The lowest BCUT2D eigenvalue weighted by Gasteiger charge is -2.12. The average molecular weight is 355 g/mol. The molecule has 8 heteroatoms. The molecule has 0 aromatic heterocycles. The van der Waals surface area contributed by atoms with E-state index >= 15 is 0 Å². The number of anilines is 1. The van der Waals surface area contributed by atoms with Gasteiger partial charge in [0.1, 0.15) is 11.6 Å². The number of allylic oxidation sites excluding steroid dienone is 2. The number of carbonyl (C=O) groups is 1. The van der Waals surface area contributed by atoms with Gasteiger partial charge in [0.15, 0.2) is 12.4 Å². The van der Waals surface area contributed by atoms with Gasteiger partial charge in [-0.1, -0.05) is 17.7 Å². The molecule has 6 nitrogen and oxygen atoms in total. The second-order valence-corrected chi connectivity index (χ2v) is 5.03. The number of ether oxygens (including phenoxy) is 3. The van der Waals surface area contributed by atoms with Gasteiger partial charge in [0, 0.05) is 18.7 Å². The molecular formula is C16H16ClFN2O4. The van der Waals surface area contributed by atoms with Gasteiger partial charge in [-0.05, 0) is 19.1 Å². The largest absolute Gasteiger partial charge is 0.463 e. The number of aliphatic imine (C=N–C) groups is 1. The van der Waals surface area contributed by atoms with Gasteiger partial charge in [0.2, 0.25) is 0 Å². The zero-order valence-electron chi connectivity index (χ0n) is 12.9. The van der Waals surface area contributed by atoms with E-state index in [0.717, 1.165) is 6.07 Å². The SMILES string of the molecule is CCOC(=O)COC1=C(Oc2cc(N)c(F)cc2Cl)C=CCC=N1. The van der Waals surface area contributed by atoms with Crippen LogP contribution in [0, 0.1) is 5.82 Å². The normalized spacial score (nSPS) is 13.6. The van der Waals surface area contributed by atoms with E-state index in [1.807, 2.05) is 0 Å². The summed E-state index contributed by atoms with van der Waals surface area (Å²) >= 11 is 5.96. The Morgan fingerprint density at radius 1 is 1.46 bits per heavy atom. The van der Waals surface area contributed by atoms with E-state index in [-0.39, 0.29) is 41.3 Å². The maximum Gasteiger partial charge on any atom is 0.344 e. The van der Waals surface area contributed by atoms with Crippen molar-refractivity contribution in [3.05, 3.63) is 46.8 Å². The predicted octanol–water partition coefficient (Wildman–Crippen LogP) is 3.22. The maximum atomic E-state index is 13.4. The number of hydrogen-bond acceptors (Lipinski definition) is 6. The Bertz CT molecular complexity index is 716. The summed E-state index contributed by atoms with van der Waals surface area (Å²) in [6, 6.07) is 2.31. The highest BCUT2D eigenvalue weighted by molar-refractivity contribution is 6.32. The minimum absolute atomic E-state index is 0.0422. The summed E-state index contributed by atoms with van der Waals surface area (Å²) in [7, 11) is 0. The van der Waals surface area contributed by atoms with Crippen LogP contribution < -0.4 is 10.5 Å². The number of benzene rings is 1. The molecule has 1 aliphatic rings.